The number of nitrogens with one attached hydrogen (secondary N) is 2. The molecule has 0 aliphatic heterocycles. The first-order valence-electron chi connectivity index (χ1n) is 6.46. The Labute approximate surface area is 127 Å². The maximum Gasteiger partial charge on any atom is 0.191 e. The third-order valence-electron chi connectivity index (χ3n) is 2.65. The second-order valence-corrected chi connectivity index (χ2v) is 4.85. The maximum absolute atomic E-state index is 13.8. The number of ether oxygens (including phenoxy) is 1. The molecule has 0 fully saturated rings. The molecule has 2 N–H and O–H groups in total. The summed E-state index contributed by atoms with van der Waals surface area (Å²) in [6, 6.07) is 6.48. The highest BCUT2D eigenvalue weighted by molar-refractivity contribution is 7.98. The molecule has 0 aliphatic rings. The number of halogens is 1. The van der Waals surface area contributed by atoms with E-state index in [4.69, 9.17) is 4.74 Å². The Morgan fingerprint density at radius 1 is 1.24 bits per heavy atom. The second-order valence-electron chi connectivity index (χ2n) is 4.08. The van der Waals surface area contributed by atoms with Crippen molar-refractivity contribution in [2.45, 2.75) is 12.1 Å². The normalized spacial score (nSPS) is 10.3. The van der Waals surface area contributed by atoms with E-state index in [0.717, 1.165) is 0 Å². The SMILES string of the molecule is CCOc1ccc(Nc2cc(NC)nc(SC)n2)cc1F. The van der Waals surface area contributed by atoms with Gasteiger partial charge in [-0.3, -0.25) is 0 Å². The van der Waals surface area contributed by atoms with Crippen LogP contribution in [0.15, 0.2) is 29.4 Å². The van der Waals surface area contributed by atoms with E-state index < -0.39 is 5.82 Å². The first-order chi connectivity index (χ1) is 10.2. The van der Waals surface area contributed by atoms with Crippen molar-refractivity contribution in [3.05, 3.63) is 30.1 Å². The van der Waals surface area contributed by atoms with Crippen LogP contribution in [0.25, 0.3) is 0 Å². The third kappa shape index (κ3) is 3.98. The van der Waals surface area contributed by atoms with Crippen molar-refractivity contribution in [3.8, 4) is 5.75 Å². The van der Waals surface area contributed by atoms with Crippen molar-refractivity contribution >= 4 is 29.1 Å². The highest BCUT2D eigenvalue weighted by Gasteiger charge is 2.07. The lowest BCUT2D eigenvalue weighted by atomic mass is 10.3. The van der Waals surface area contributed by atoms with Gasteiger partial charge in [-0.2, -0.15) is 0 Å². The lowest BCUT2D eigenvalue weighted by molar-refractivity contribution is 0.321. The molecule has 0 amide bonds. The van der Waals surface area contributed by atoms with Crippen LogP contribution in [0.2, 0.25) is 0 Å². The molecule has 0 spiro atoms. The van der Waals surface area contributed by atoms with Crippen molar-refractivity contribution in [1.82, 2.24) is 9.97 Å². The van der Waals surface area contributed by atoms with Gasteiger partial charge in [-0.05, 0) is 25.3 Å². The number of anilines is 3. The van der Waals surface area contributed by atoms with Crippen molar-refractivity contribution < 1.29 is 9.13 Å². The molecule has 7 heteroatoms. The van der Waals surface area contributed by atoms with E-state index in [9.17, 15) is 4.39 Å². The number of thioether (sulfide) groups is 1. The minimum Gasteiger partial charge on any atom is -0.491 e. The van der Waals surface area contributed by atoms with E-state index in [0.29, 0.717) is 29.1 Å². The van der Waals surface area contributed by atoms with Gasteiger partial charge in [0.1, 0.15) is 11.6 Å². The van der Waals surface area contributed by atoms with Crippen LogP contribution in [0.3, 0.4) is 0 Å². The fourth-order valence-electron chi connectivity index (χ4n) is 1.71. The molecule has 0 saturated heterocycles. The summed E-state index contributed by atoms with van der Waals surface area (Å²) < 4.78 is 19.0. The van der Waals surface area contributed by atoms with Crippen LogP contribution in [-0.2, 0) is 0 Å². The van der Waals surface area contributed by atoms with Gasteiger partial charge in [-0.15, -0.1) is 0 Å². The summed E-state index contributed by atoms with van der Waals surface area (Å²) in [5.41, 5.74) is 0.601. The summed E-state index contributed by atoms with van der Waals surface area (Å²) in [6.07, 6.45) is 1.90. The van der Waals surface area contributed by atoms with E-state index in [2.05, 4.69) is 20.6 Å². The molecule has 2 rings (SSSR count). The van der Waals surface area contributed by atoms with Crippen molar-refractivity contribution in [1.29, 1.82) is 0 Å². The summed E-state index contributed by atoms with van der Waals surface area (Å²) >= 11 is 1.44. The van der Waals surface area contributed by atoms with E-state index in [1.165, 1.54) is 17.8 Å². The van der Waals surface area contributed by atoms with Gasteiger partial charge in [-0.1, -0.05) is 11.8 Å². The van der Waals surface area contributed by atoms with E-state index >= 15 is 0 Å². The summed E-state index contributed by atoms with van der Waals surface area (Å²) in [4.78, 5) is 8.61. The van der Waals surface area contributed by atoms with Gasteiger partial charge in [0.25, 0.3) is 0 Å². The fraction of sp³-hybridized carbons (Fsp3) is 0.286. The third-order valence-corrected chi connectivity index (χ3v) is 3.20. The molecule has 0 bridgehead atoms. The Morgan fingerprint density at radius 2 is 2.00 bits per heavy atom. The second kappa shape index (κ2) is 7.12. The van der Waals surface area contributed by atoms with Crippen LogP contribution in [0.1, 0.15) is 6.92 Å². The van der Waals surface area contributed by atoms with Crippen molar-refractivity contribution in [3.63, 3.8) is 0 Å². The van der Waals surface area contributed by atoms with Crippen LogP contribution in [-0.4, -0.2) is 29.9 Å². The predicted octanol–water partition coefficient (Wildman–Crippen LogP) is 3.52. The number of hydrogen-bond donors (Lipinski definition) is 2. The Hall–Kier alpha value is -2.02. The standard InChI is InChI=1S/C14H17FN4OS/c1-4-20-11-6-5-9(7-10(11)15)17-13-8-12(16-2)18-14(19-13)21-3/h5-8H,4H2,1-3H3,(H2,16,17,18,19). The number of aromatic nitrogens is 2. The quantitative estimate of drug-likeness (QED) is 0.629. The zero-order chi connectivity index (χ0) is 15.2. The van der Waals surface area contributed by atoms with Gasteiger partial charge in [0.2, 0.25) is 0 Å². The molecule has 1 aromatic heterocycles. The van der Waals surface area contributed by atoms with Crippen LogP contribution >= 0.6 is 11.8 Å². The zero-order valence-corrected chi connectivity index (χ0v) is 12.9. The van der Waals surface area contributed by atoms with Crippen LogP contribution in [0, 0.1) is 5.82 Å². The van der Waals surface area contributed by atoms with Crippen LogP contribution in [0.4, 0.5) is 21.7 Å². The van der Waals surface area contributed by atoms with Crippen LogP contribution < -0.4 is 15.4 Å². The van der Waals surface area contributed by atoms with Gasteiger partial charge >= 0.3 is 0 Å². The molecule has 0 aliphatic carbocycles. The van der Waals surface area contributed by atoms with Gasteiger partial charge in [-0.25, -0.2) is 14.4 Å². The largest absolute Gasteiger partial charge is 0.491 e. The number of hydrogen-bond acceptors (Lipinski definition) is 6. The van der Waals surface area contributed by atoms with Crippen molar-refractivity contribution in [2.24, 2.45) is 0 Å². The highest BCUT2D eigenvalue weighted by Crippen LogP contribution is 2.25. The molecule has 0 unspecified atom stereocenters. The van der Waals surface area contributed by atoms with E-state index in [-0.39, 0.29) is 5.75 Å². The molecule has 112 valence electrons. The number of benzene rings is 1. The van der Waals surface area contributed by atoms with E-state index in [1.54, 1.807) is 25.2 Å². The average molecular weight is 308 g/mol. The van der Waals surface area contributed by atoms with Crippen molar-refractivity contribution in [2.75, 3.05) is 30.5 Å². The minimum absolute atomic E-state index is 0.242. The first-order valence-corrected chi connectivity index (χ1v) is 7.69. The molecule has 2 aromatic rings. The molecule has 0 radical (unpaired) electrons. The predicted molar refractivity (Wildman–Crippen MR) is 84.2 cm³/mol. The summed E-state index contributed by atoms with van der Waals surface area (Å²) in [5.74, 6) is 1.13. The fourth-order valence-corrected chi connectivity index (χ4v) is 2.09. The van der Waals surface area contributed by atoms with E-state index in [1.807, 2.05) is 13.2 Å². The smallest absolute Gasteiger partial charge is 0.191 e. The number of nitrogens with zero attached hydrogens (tertiary/aromatic N) is 2. The maximum atomic E-state index is 13.8. The molecule has 21 heavy (non-hydrogen) atoms. The summed E-state index contributed by atoms with van der Waals surface area (Å²) in [7, 11) is 1.78. The Bertz CT molecular complexity index is 602. The molecule has 1 aromatic carbocycles. The van der Waals surface area contributed by atoms with Gasteiger partial charge in [0.15, 0.2) is 16.7 Å². The van der Waals surface area contributed by atoms with Gasteiger partial charge in [0.05, 0.1) is 6.61 Å². The molecule has 5 nitrogen and oxygen atoms in total. The first kappa shape index (κ1) is 15.4. The Balaban J connectivity index is 2.23. The Kier molecular flexibility index (Phi) is 5.21. The lowest BCUT2D eigenvalue weighted by Crippen LogP contribution is -2.01. The van der Waals surface area contributed by atoms with Gasteiger partial charge in [0, 0.05) is 24.9 Å². The average Bonchev–Trinajstić information content (AvgIpc) is 2.49. The zero-order valence-electron chi connectivity index (χ0n) is 12.1. The molecular weight excluding hydrogens is 291 g/mol. The summed E-state index contributed by atoms with van der Waals surface area (Å²) in [5, 5.41) is 6.67. The molecule has 0 saturated carbocycles. The lowest BCUT2D eigenvalue weighted by Gasteiger charge is -2.10. The molecule has 0 atom stereocenters. The topological polar surface area (TPSA) is 59.1 Å². The Morgan fingerprint density at radius 3 is 2.62 bits per heavy atom. The summed E-state index contributed by atoms with van der Waals surface area (Å²) in [6.45, 7) is 2.24. The monoisotopic (exact) mass is 308 g/mol. The molecular formula is C14H17FN4OS. The van der Waals surface area contributed by atoms with Crippen LogP contribution in [0.5, 0.6) is 5.75 Å². The van der Waals surface area contributed by atoms with Gasteiger partial charge < -0.3 is 15.4 Å². The molecule has 1 heterocycles. The number of rotatable bonds is 6. The highest BCUT2D eigenvalue weighted by atomic mass is 32.2. The minimum atomic E-state index is -0.408.